The monoisotopic (exact) mass is 352 g/mol. The average Bonchev–Trinajstić information content (AvgIpc) is 3.33. The van der Waals surface area contributed by atoms with E-state index in [1.807, 2.05) is 47.4 Å². The molecule has 1 atom stereocenters. The van der Waals surface area contributed by atoms with Gasteiger partial charge in [0.25, 0.3) is 0 Å². The third kappa shape index (κ3) is 3.25. The number of amides is 1. The van der Waals surface area contributed by atoms with Crippen LogP contribution in [0.1, 0.15) is 17.9 Å². The van der Waals surface area contributed by atoms with Crippen molar-refractivity contribution in [3.63, 3.8) is 0 Å². The number of anilines is 2. The standard InChI is InChI=1S/C20H24N4O2/c1-26-19-11-16(7-8-17(19)14-12-21-22-13-14)24-10-9-18(20(24)25)23-15-5-3-2-4-6-15/h2-8,11,14,18,21-23H,9-10,12-13H2,1H3. The number of hydrogen-bond acceptors (Lipinski definition) is 5. The summed E-state index contributed by atoms with van der Waals surface area (Å²) in [6.45, 7) is 2.46. The molecule has 0 radical (unpaired) electrons. The van der Waals surface area contributed by atoms with Crippen LogP contribution >= 0.6 is 0 Å². The number of rotatable bonds is 5. The Kier molecular flexibility index (Phi) is 4.77. The molecule has 4 rings (SSSR count). The number of hydrogen-bond donors (Lipinski definition) is 3. The fraction of sp³-hybridized carbons (Fsp3) is 0.350. The van der Waals surface area contributed by atoms with Crippen molar-refractivity contribution < 1.29 is 9.53 Å². The Morgan fingerprint density at radius 1 is 1.12 bits per heavy atom. The van der Waals surface area contributed by atoms with Crippen molar-refractivity contribution in [1.82, 2.24) is 10.9 Å². The molecule has 1 unspecified atom stereocenters. The predicted molar refractivity (Wildman–Crippen MR) is 103 cm³/mol. The molecule has 2 heterocycles. The van der Waals surface area contributed by atoms with Gasteiger partial charge < -0.3 is 15.0 Å². The van der Waals surface area contributed by atoms with Gasteiger partial charge in [0.1, 0.15) is 11.8 Å². The largest absolute Gasteiger partial charge is 0.496 e. The van der Waals surface area contributed by atoms with Crippen LogP contribution in [0, 0.1) is 0 Å². The lowest BCUT2D eigenvalue weighted by Crippen LogP contribution is -2.33. The molecule has 2 aromatic rings. The van der Waals surface area contributed by atoms with Gasteiger partial charge in [-0.2, -0.15) is 0 Å². The van der Waals surface area contributed by atoms with Crippen LogP contribution < -0.4 is 25.8 Å². The van der Waals surface area contributed by atoms with E-state index in [-0.39, 0.29) is 11.9 Å². The van der Waals surface area contributed by atoms with E-state index in [0.717, 1.165) is 36.6 Å². The van der Waals surface area contributed by atoms with Gasteiger partial charge in [0.05, 0.1) is 7.11 Å². The van der Waals surface area contributed by atoms with E-state index < -0.39 is 0 Å². The molecule has 6 nitrogen and oxygen atoms in total. The van der Waals surface area contributed by atoms with Crippen LogP contribution in [-0.2, 0) is 4.79 Å². The van der Waals surface area contributed by atoms with Gasteiger partial charge in [-0.1, -0.05) is 24.3 Å². The molecule has 2 fully saturated rings. The highest BCUT2D eigenvalue weighted by atomic mass is 16.5. The van der Waals surface area contributed by atoms with Crippen LogP contribution in [0.4, 0.5) is 11.4 Å². The van der Waals surface area contributed by atoms with Gasteiger partial charge in [0.15, 0.2) is 0 Å². The molecule has 2 saturated heterocycles. The van der Waals surface area contributed by atoms with Crippen molar-refractivity contribution in [3.05, 3.63) is 54.1 Å². The topological polar surface area (TPSA) is 65.6 Å². The minimum Gasteiger partial charge on any atom is -0.496 e. The van der Waals surface area contributed by atoms with E-state index in [4.69, 9.17) is 4.74 Å². The molecule has 6 heteroatoms. The van der Waals surface area contributed by atoms with Gasteiger partial charge in [0.2, 0.25) is 5.91 Å². The first-order chi connectivity index (χ1) is 12.8. The van der Waals surface area contributed by atoms with Crippen molar-refractivity contribution in [1.29, 1.82) is 0 Å². The molecular weight excluding hydrogens is 328 g/mol. The highest BCUT2D eigenvalue weighted by Gasteiger charge is 2.33. The second kappa shape index (κ2) is 7.35. The van der Waals surface area contributed by atoms with Crippen molar-refractivity contribution in [2.24, 2.45) is 0 Å². The number of para-hydroxylation sites is 1. The second-order valence-corrected chi connectivity index (χ2v) is 6.73. The Hall–Kier alpha value is -2.57. The lowest BCUT2D eigenvalue weighted by atomic mass is 9.98. The molecule has 0 saturated carbocycles. The summed E-state index contributed by atoms with van der Waals surface area (Å²) in [7, 11) is 1.68. The summed E-state index contributed by atoms with van der Waals surface area (Å²) in [6.07, 6.45) is 0.786. The lowest BCUT2D eigenvalue weighted by molar-refractivity contribution is -0.117. The van der Waals surface area contributed by atoms with Crippen molar-refractivity contribution in [3.8, 4) is 5.75 Å². The van der Waals surface area contributed by atoms with Gasteiger partial charge in [-0.25, -0.2) is 0 Å². The van der Waals surface area contributed by atoms with Crippen molar-refractivity contribution >= 4 is 17.3 Å². The quantitative estimate of drug-likeness (QED) is 0.769. The molecule has 2 aromatic carbocycles. The zero-order chi connectivity index (χ0) is 17.9. The van der Waals surface area contributed by atoms with E-state index in [2.05, 4.69) is 22.2 Å². The van der Waals surface area contributed by atoms with Crippen LogP contribution in [0.5, 0.6) is 5.75 Å². The van der Waals surface area contributed by atoms with Crippen LogP contribution in [-0.4, -0.2) is 38.7 Å². The number of nitrogens with zero attached hydrogens (tertiary/aromatic N) is 1. The first-order valence-electron chi connectivity index (χ1n) is 9.03. The summed E-state index contributed by atoms with van der Waals surface area (Å²) in [5.74, 6) is 1.32. The Morgan fingerprint density at radius 3 is 2.62 bits per heavy atom. The zero-order valence-corrected chi connectivity index (χ0v) is 14.9. The van der Waals surface area contributed by atoms with Crippen LogP contribution in [0.25, 0.3) is 0 Å². The van der Waals surface area contributed by atoms with E-state index in [1.165, 1.54) is 5.56 Å². The number of benzene rings is 2. The van der Waals surface area contributed by atoms with E-state index >= 15 is 0 Å². The molecule has 2 aliphatic rings. The third-order valence-electron chi connectivity index (χ3n) is 5.11. The average molecular weight is 352 g/mol. The van der Waals surface area contributed by atoms with Crippen molar-refractivity contribution in [2.75, 3.05) is 37.0 Å². The molecular formula is C20H24N4O2. The molecule has 0 bridgehead atoms. The number of hydrazine groups is 1. The number of carbonyl (C=O) groups excluding carboxylic acids is 1. The third-order valence-corrected chi connectivity index (χ3v) is 5.11. The molecule has 0 spiro atoms. The first kappa shape index (κ1) is 16.9. The van der Waals surface area contributed by atoms with Crippen molar-refractivity contribution in [2.45, 2.75) is 18.4 Å². The maximum atomic E-state index is 12.9. The number of ether oxygens (including phenoxy) is 1. The molecule has 1 amide bonds. The summed E-state index contributed by atoms with van der Waals surface area (Å²) in [5, 5.41) is 3.34. The second-order valence-electron chi connectivity index (χ2n) is 6.73. The van der Waals surface area contributed by atoms with E-state index in [1.54, 1.807) is 7.11 Å². The summed E-state index contributed by atoms with van der Waals surface area (Å²) in [5.41, 5.74) is 9.33. The zero-order valence-electron chi connectivity index (χ0n) is 14.9. The Bertz CT molecular complexity index is 775. The molecule has 26 heavy (non-hydrogen) atoms. The highest BCUT2D eigenvalue weighted by molar-refractivity contribution is 6.01. The smallest absolute Gasteiger partial charge is 0.249 e. The normalized spacial score (nSPS) is 20.6. The maximum absolute atomic E-state index is 12.9. The van der Waals surface area contributed by atoms with E-state index in [9.17, 15) is 4.79 Å². The maximum Gasteiger partial charge on any atom is 0.249 e. The molecule has 136 valence electrons. The molecule has 0 aromatic heterocycles. The fourth-order valence-corrected chi connectivity index (χ4v) is 3.69. The SMILES string of the molecule is COc1cc(N2CCC(Nc3ccccc3)C2=O)ccc1C1CNNC1. The number of methoxy groups -OCH3 is 1. The summed E-state index contributed by atoms with van der Waals surface area (Å²) in [6, 6.07) is 15.8. The summed E-state index contributed by atoms with van der Waals surface area (Å²) in [4.78, 5) is 14.7. The molecule has 0 aliphatic carbocycles. The van der Waals surface area contributed by atoms with Gasteiger partial charge in [-0.3, -0.25) is 15.6 Å². The fourth-order valence-electron chi connectivity index (χ4n) is 3.69. The van der Waals surface area contributed by atoms with Gasteiger partial charge in [-0.05, 0) is 30.2 Å². The minimum absolute atomic E-state index is 0.104. The van der Waals surface area contributed by atoms with Gasteiger partial charge in [0, 0.05) is 43.0 Å². The predicted octanol–water partition coefficient (Wildman–Crippen LogP) is 2.10. The minimum atomic E-state index is -0.189. The molecule has 2 aliphatic heterocycles. The van der Waals surface area contributed by atoms with Crippen LogP contribution in [0.3, 0.4) is 0 Å². The summed E-state index contributed by atoms with van der Waals surface area (Å²) >= 11 is 0. The van der Waals surface area contributed by atoms with Gasteiger partial charge in [-0.15, -0.1) is 0 Å². The summed E-state index contributed by atoms with van der Waals surface area (Å²) < 4.78 is 5.61. The Balaban J connectivity index is 1.51. The van der Waals surface area contributed by atoms with E-state index in [0.29, 0.717) is 12.5 Å². The van der Waals surface area contributed by atoms with Crippen LogP contribution in [0.15, 0.2) is 48.5 Å². The highest BCUT2D eigenvalue weighted by Crippen LogP contribution is 2.33. The lowest BCUT2D eigenvalue weighted by Gasteiger charge is -2.21. The molecule has 3 N–H and O–H groups in total. The number of nitrogens with one attached hydrogen (secondary N) is 3. The Morgan fingerprint density at radius 2 is 1.88 bits per heavy atom. The Labute approximate surface area is 153 Å². The first-order valence-corrected chi connectivity index (χ1v) is 9.03. The number of carbonyl (C=O) groups is 1. The van der Waals surface area contributed by atoms with Crippen LogP contribution in [0.2, 0.25) is 0 Å². The van der Waals surface area contributed by atoms with Gasteiger partial charge >= 0.3 is 0 Å².